The highest BCUT2D eigenvalue weighted by Gasteiger charge is 2.40. The van der Waals surface area contributed by atoms with E-state index in [1.807, 2.05) is 0 Å². The molecule has 2 atom stereocenters. The molecular formula is C20H24O3. The number of carbonyl (C=O) groups is 2. The van der Waals surface area contributed by atoms with Crippen LogP contribution >= 0.6 is 0 Å². The predicted octanol–water partition coefficient (Wildman–Crippen LogP) is 4.57. The quantitative estimate of drug-likeness (QED) is 0.773. The zero-order chi connectivity index (χ0) is 16.8. The van der Waals surface area contributed by atoms with Gasteiger partial charge in [-0.05, 0) is 36.5 Å². The summed E-state index contributed by atoms with van der Waals surface area (Å²) in [7, 11) is 0. The molecule has 0 radical (unpaired) electrons. The molecule has 0 aliphatic heterocycles. The van der Waals surface area contributed by atoms with Crippen molar-refractivity contribution in [3.05, 3.63) is 41.0 Å². The number of Topliss-reactive ketones (excluding diaryl/α,β-unsaturated/α-hetero) is 2. The molecule has 1 aromatic carbocycles. The third-order valence-electron chi connectivity index (χ3n) is 5.44. The van der Waals surface area contributed by atoms with E-state index in [2.05, 4.69) is 20.8 Å². The Bertz CT molecular complexity index is 691. The summed E-state index contributed by atoms with van der Waals surface area (Å²) in [5, 5.41) is 10.7. The van der Waals surface area contributed by atoms with E-state index in [1.54, 1.807) is 24.3 Å². The molecule has 0 saturated heterocycles. The summed E-state index contributed by atoms with van der Waals surface area (Å²) in [5.74, 6) is -0.490. The standard InChI is InChI=1S/C20H24O3/c1-20(2,3)13-8-6-7-12(11-13)16-17(21)14-9-4-5-10-15(14)18(22)19(16)23/h4-5,9-10,12-13,21H,6-8,11H2,1-3H3. The summed E-state index contributed by atoms with van der Waals surface area (Å²) < 4.78 is 0. The number of ketones is 2. The highest BCUT2D eigenvalue weighted by molar-refractivity contribution is 6.52. The number of carbonyl (C=O) groups excluding carboxylic acids is 2. The van der Waals surface area contributed by atoms with Crippen LogP contribution in [0.2, 0.25) is 0 Å². The van der Waals surface area contributed by atoms with Gasteiger partial charge in [-0.1, -0.05) is 51.5 Å². The van der Waals surface area contributed by atoms with Crippen LogP contribution in [0.4, 0.5) is 0 Å². The smallest absolute Gasteiger partial charge is 0.234 e. The fourth-order valence-corrected chi connectivity index (χ4v) is 4.00. The van der Waals surface area contributed by atoms with Crippen molar-refractivity contribution >= 4 is 17.3 Å². The second-order valence-electron chi connectivity index (χ2n) is 7.89. The molecule has 2 aliphatic carbocycles. The minimum atomic E-state index is -0.513. The van der Waals surface area contributed by atoms with Gasteiger partial charge in [0.05, 0.1) is 0 Å². The lowest BCUT2D eigenvalue weighted by molar-refractivity contribution is -0.112. The van der Waals surface area contributed by atoms with Crippen molar-refractivity contribution in [2.45, 2.75) is 46.5 Å². The highest BCUT2D eigenvalue weighted by atomic mass is 16.3. The maximum absolute atomic E-state index is 12.6. The molecule has 0 bridgehead atoms. The Kier molecular flexibility index (Phi) is 3.91. The molecule has 2 aliphatic rings. The van der Waals surface area contributed by atoms with Gasteiger partial charge < -0.3 is 5.11 Å². The van der Waals surface area contributed by atoms with Crippen LogP contribution in [0.1, 0.15) is 62.4 Å². The molecular weight excluding hydrogens is 288 g/mol. The first-order valence-corrected chi connectivity index (χ1v) is 8.42. The van der Waals surface area contributed by atoms with E-state index in [-0.39, 0.29) is 17.1 Å². The van der Waals surface area contributed by atoms with Crippen molar-refractivity contribution in [3.63, 3.8) is 0 Å². The summed E-state index contributed by atoms with van der Waals surface area (Å²) in [6.45, 7) is 6.66. The molecule has 3 heteroatoms. The zero-order valence-corrected chi connectivity index (χ0v) is 14.1. The number of rotatable bonds is 1. The van der Waals surface area contributed by atoms with Gasteiger partial charge >= 0.3 is 0 Å². The largest absolute Gasteiger partial charge is 0.507 e. The average Bonchev–Trinajstić information content (AvgIpc) is 2.52. The Morgan fingerprint density at radius 1 is 1.00 bits per heavy atom. The number of aliphatic hydroxyl groups is 1. The van der Waals surface area contributed by atoms with E-state index in [4.69, 9.17) is 0 Å². The van der Waals surface area contributed by atoms with Crippen LogP contribution in [0.5, 0.6) is 0 Å². The Morgan fingerprint density at radius 3 is 2.30 bits per heavy atom. The first-order valence-electron chi connectivity index (χ1n) is 8.42. The van der Waals surface area contributed by atoms with Crippen molar-refractivity contribution < 1.29 is 14.7 Å². The Morgan fingerprint density at radius 2 is 1.65 bits per heavy atom. The number of benzene rings is 1. The van der Waals surface area contributed by atoms with Gasteiger partial charge in [-0.25, -0.2) is 0 Å². The number of allylic oxidation sites excluding steroid dienone is 1. The third-order valence-corrected chi connectivity index (χ3v) is 5.44. The van der Waals surface area contributed by atoms with Gasteiger partial charge in [-0.2, -0.15) is 0 Å². The van der Waals surface area contributed by atoms with Gasteiger partial charge in [0.1, 0.15) is 5.76 Å². The van der Waals surface area contributed by atoms with Crippen molar-refractivity contribution in [3.8, 4) is 0 Å². The molecule has 0 spiro atoms. The maximum Gasteiger partial charge on any atom is 0.234 e. The molecule has 0 amide bonds. The van der Waals surface area contributed by atoms with Crippen LogP contribution in [-0.4, -0.2) is 16.7 Å². The van der Waals surface area contributed by atoms with Gasteiger partial charge in [0.15, 0.2) is 0 Å². The van der Waals surface area contributed by atoms with Crippen LogP contribution < -0.4 is 0 Å². The Hall–Kier alpha value is -1.90. The molecule has 0 heterocycles. The van der Waals surface area contributed by atoms with Gasteiger partial charge in [0.2, 0.25) is 11.6 Å². The second-order valence-corrected chi connectivity index (χ2v) is 7.89. The number of hydrogen-bond donors (Lipinski definition) is 1. The summed E-state index contributed by atoms with van der Waals surface area (Å²) in [5.41, 5.74) is 1.35. The topological polar surface area (TPSA) is 54.4 Å². The van der Waals surface area contributed by atoms with E-state index >= 15 is 0 Å². The Balaban J connectivity index is 2.01. The first-order chi connectivity index (χ1) is 10.8. The summed E-state index contributed by atoms with van der Waals surface area (Å²) in [6.07, 6.45) is 3.91. The Labute approximate surface area is 137 Å². The fourth-order valence-electron chi connectivity index (χ4n) is 4.00. The summed E-state index contributed by atoms with van der Waals surface area (Å²) >= 11 is 0. The van der Waals surface area contributed by atoms with Crippen molar-refractivity contribution in [2.24, 2.45) is 17.3 Å². The average molecular weight is 312 g/mol. The van der Waals surface area contributed by atoms with Gasteiger partial charge in [0.25, 0.3) is 0 Å². The maximum atomic E-state index is 12.6. The van der Waals surface area contributed by atoms with E-state index in [0.717, 1.165) is 25.7 Å². The lowest BCUT2D eigenvalue weighted by Crippen LogP contribution is -2.33. The normalized spacial score (nSPS) is 25.5. The lowest BCUT2D eigenvalue weighted by Gasteiger charge is -2.38. The number of hydrogen-bond acceptors (Lipinski definition) is 3. The van der Waals surface area contributed by atoms with Crippen LogP contribution in [-0.2, 0) is 4.79 Å². The van der Waals surface area contributed by atoms with Crippen LogP contribution in [0.15, 0.2) is 29.8 Å². The molecule has 3 nitrogen and oxygen atoms in total. The minimum Gasteiger partial charge on any atom is -0.507 e. The van der Waals surface area contributed by atoms with Crippen molar-refractivity contribution in [1.29, 1.82) is 0 Å². The predicted molar refractivity (Wildman–Crippen MR) is 90.2 cm³/mol. The van der Waals surface area contributed by atoms with Crippen LogP contribution in [0.3, 0.4) is 0 Å². The molecule has 23 heavy (non-hydrogen) atoms. The molecule has 1 fully saturated rings. The zero-order valence-electron chi connectivity index (χ0n) is 14.1. The van der Waals surface area contributed by atoms with Crippen LogP contribution in [0.25, 0.3) is 5.76 Å². The van der Waals surface area contributed by atoms with Crippen LogP contribution in [0, 0.1) is 17.3 Å². The third kappa shape index (κ3) is 2.73. The fraction of sp³-hybridized carbons (Fsp3) is 0.500. The van der Waals surface area contributed by atoms with Crippen molar-refractivity contribution in [2.75, 3.05) is 0 Å². The number of aliphatic hydroxyl groups excluding tert-OH is 1. The number of fused-ring (bicyclic) bond motifs is 1. The van der Waals surface area contributed by atoms with E-state index < -0.39 is 11.6 Å². The van der Waals surface area contributed by atoms with Gasteiger partial charge in [-0.3, -0.25) is 9.59 Å². The lowest BCUT2D eigenvalue weighted by atomic mass is 9.66. The SMILES string of the molecule is CC(C)(C)C1CCCC(C2=C(O)c3ccccc3C(=O)C2=O)C1. The summed E-state index contributed by atoms with van der Waals surface area (Å²) in [4.78, 5) is 25.0. The molecule has 122 valence electrons. The molecule has 1 N–H and O–H groups in total. The molecule has 1 saturated carbocycles. The van der Waals surface area contributed by atoms with Gasteiger partial charge in [0, 0.05) is 16.7 Å². The van der Waals surface area contributed by atoms with E-state index in [0.29, 0.717) is 22.6 Å². The molecule has 2 unspecified atom stereocenters. The van der Waals surface area contributed by atoms with Crippen molar-refractivity contribution in [1.82, 2.24) is 0 Å². The minimum absolute atomic E-state index is 0.0159. The second kappa shape index (κ2) is 5.63. The monoisotopic (exact) mass is 312 g/mol. The first kappa shape index (κ1) is 16.0. The summed E-state index contributed by atoms with van der Waals surface area (Å²) in [6, 6.07) is 6.84. The molecule has 3 rings (SSSR count). The highest BCUT2D eigenvalue weighted by Crippen LogP contribution is 2.45. The molecule has 0 aromatic heterocycles. The van der Waals surface area contributed by atoms with E-state index in [9.17, 15) is 14.7 Å². The van der Waals surface area contributed by atoms with Gasteiger partial charge in [-0.15, -0.1) is 0 Å². The van der Waals surface area contributed by atoms with E-state index in [1.165, 1.54) is 0 Å². The molecule has 1 aromatic rings.